The topological polar surface area (TPSA) is 88.4 Å². The van der Waals surface area contributed by atoms with E-state index in [1.54, 1.807) is 4.90 Å². The molecule has 0 aromatic carbocycles. The minimum atomic E-state index is -4.45. The van der Waals surface area contributed by atoms with Gasteiger partial charge in [0.15, 0.2) is 5.82 Å². The average Bonchev–Trinajstić information content (AvgIpc) is 3.39. The van der Waals surface area contributed by atoms with Crippen molar-refractivity contribution in [3.63, 3.8) is 0 Å². The first-order chi connectivity index (χ1) is 15.2. The summed E-state index contributed by atoms with van der Waals surface area (Å²) in [5, 5.41) is 7.07. The van der Waals surface area contributed by atoms with Crippen LogP contribution in [0.15, 0.2) is 12.3 Å². The van der Waals surface area contributed by atoms with Crippen molar-refractivity contribution in [3.05, 3.63) is 23.7 Å². The van der Waals surface area contributed by atoms with Crippen LogP contribution >= 0.6 is 0 Å². The Kier molecular flexibility index (Phi) is 4.99. The van der Waals surface area contributed by atoms with Gasteiger partial charge in [-0.2, -0.15) is 23.3 Å². The van der Waals surface area contributed by atoms with Gasteiger partial charge in [0.1, 0.15) is 17.4 Å². The lowest BCUT2D eigenvalue weighted by Gasteiger charge is -2.41. The third-order valence-corrected chi connectivity index (χ3v) is 6.34. The fraction of sp³-hybridized carbons (Fsp3) is 0.600. The number of hydrogen-bond acceptors (Lipinski definition) is 7. The highest BCUT2D eigenvalue weighted by atomic mass is 19.4. The third kappa shape index (κ3) is 3.55. The molecule has 5 heterocycles. The molecule has 0 spiro atoms. The van der Waals surface area contributed by atoms with Gasteiger partial charge in [-0.15, -0.1) is 0 Å². The molecule has 2 aromatic rings. The first-order valence-corrected chi connectivity index (χ1v) is 10.6. The number of likely N-dealkylation sites (N-methyl/N-ethyl adjacent to an activating group) is 1. The maximum Gasteiger partial charge on any atom is 0.433 e. The number of amides is 1. The number of hydrogen-bond donors (Lipinski definition) is 1. The Morgan fingerprint density at radius 1 is 1.31 bits per heavy atom. The highest BCUT2D eigenvalue weighted by Crippen LogP contribution is 2.40. The van der Waals surface area contributed by atoms with Gasteiger partial charge in [0, 0.05) is 19.8 Å². The molecule has 3 aliphatic rings. The lowest BCUT2D eigenvalue weighted by atomic mass is 10.0. The van der Waals surface area contributed by atoms with Crippen LogP contribution in [0.1, 0.15) is 31.2 Å². The fourth-order valence-electron chi connectivity index (χ4n) is 4.59. The molecule has 0 radical (unpaired) electrons. The maximum absolute atomic E-state index is 13.1. The lowest BCUT2D eigenvalue weighted by Crippen LogP contribution is -2.53. The second-order valence-corrected chi connectivity index (χ2v) is 8.48. The molecule has 172 valence electrons. The largest absolute Gasteiger partial charge is 0.433 e. The van der Waals surface area contributed by atoms with E-state index in [2.05, 4.69) is 20.4 Å². The van der Waals surface area contributed by atoms with Crippen LogP contribution in [0.25, 0.3) is 0 Å². The summed E-state index contributed by atoms with van der Waals surface area (Å²) in [7, 11) is 1.85. The summed E-state index contributed by atoms with van der Waals surface area (Å²) >= 11 is 0. The van der Waals surface area contributed by atoms with E-state index in [1.165, 1.54) is 0 Å². The standard InChI is InChI=1S/C20H24F3N7O2/c1-11-18(31)29-7-3-4-14-16(29)17(28(11)2)27-19(26-14)25-12-8-13(32-10-12)9-30-15(5-6-24-30)20(21,22)23/h5-6,11-13H,3-4,7-10H2,1-2H3,(H,25,26,27)/t11-,12+,13-/m0/s1. The molecule has 1 fully saturated rings. The maximum atomic E-state index is 13.1. The first kappa shape index (κ1) is 21.0. The van der Waals surface area contributed by atoms with Gasteiger partial charge < -0.3 is 19.9 Å². The Balaban J connectivity index is 1.31. The van der Waals surface area contributed by atoms with Gasteiger partial charge in [-0.1, -0.05) is 0 Å². The van der Waals surface area contributed by atoms with Crippen molar-refractivity contribution in [1.82, 2.24) is 19.7 Å². The Morgan fingerprint density at radius 2 is 2.12 bits per heavy atom. The molecule has 1 N–H and O–H groups in total. The second kappa shape index (κ2) is 7.61. The quantitative estimate of drug-likeness (QED) is 0.762. The van der Waals surface area contributed by atoms with E-state index >= 15 is 0 Å². The number of halogens is 3. The van der Waals surface area contributed by atoms with Gasteiger partial charge in [-0.25, -0.2) is 4.98 Å². The van der Waals surface area contributed by atoms with Crippen molar-refractivity contribution in [2.75, 3.05) is 35.3 Å². The summed E-state index contributed by atoms with van der Waals surface area (Å²) in [6, 6.07) is 0.512. The molecule has 0 unspecified atom stereocenters. The number of rotatable bonds is 4. The average molecular weight is 451 g/mol. The van der Waals surface area contributed by atoms with Crippen molar-refractivity contribution in [2.45, 2.75) is 57.1 Å². The van der Waals surface area contributed by atoms with Crippen molar-refractivity contribution in [3.8, 4) is 0 Å². The van der Waals surface area contributed by atoms with E-state index in [4.69, 9.17) is 4.74 Å². The van der Waals surface area contributed by atoms with Crippen molar-refractivity contribution in [2.24, 2.45) is 0 Å². The molecule has 1 amide bonds. The molecule has 0 aliphatic carbocycles. The number of aromatic nitrogens is 4. The molecule has 12 heteroatoms. The second-order valence-electron chi connectivity index (χ2n) is 8.48. The Morgan fingerprint density at radius 3 is 2.91 bits per heavy atom. The first-order valence-electron chi connectivity index (χ1n) is 10.6. The monoisotopic (exact) mass is 451 g/mol. The van der Waals surface area contributed by atoms with Crippen LogP contribution in [0.3, 0.4) is 0 Å². The minimum Gasteiger partial charge on any atom is -0.374 e. The number of nitrogens with zero attached hydrogens (tertiary/aromatic N) is 6. The highest BCUT2D eigenvalue weighted by Gasteiger charge is 2.39. The fourth-order valence-corrected chi connectivity index (χ4v) is 4.59. The van der Waals surface area contributed by atoms with Crippen LogP contribution in [-0.2, 0) is 28.7 Å². The Hall–Kier alpha value is -2.89. The molecule has 1 saturated heterocycles. The number of anilines is 3. The lowest BCUT2D eigenvalue weighted by molar-refractivity contribution is -0.144. The van der Waals surface area contributed by atoms with Gasteiger partial charge in [0.05, 0.1) is 31.0 Å². The van der Waals surface area contributed by atoms with E-state index < -0.39 is 18.0 Å². The van der Waals surface area contributed by atoms with Crippen molar-refractivity contribution in [1.29, 1.82) is 0 Å². The van der Waals surface area contributed by atoms with E-state index in [9.17, 15) is 18.0 Å². The van der Waals surface area contributed by atoms with Gasteiger partial charge in [-0.05, 0) is 32.3 Å². The predicted octanol–water partition coefficient (Wildman–Crippen LogP) is 2.08. The van der Waals surface area contributed by atoms with Gasteiger partial charge in [0.2, 0.25) is 11.9 Å². The minimum absolute atomic E-state index is 0.0215. The Labute approximate surface area is 182 Å². The van der Waals surface area contributed by atoms with Crippen LogP contribution in [0.4, 0.5) is 30.6 Å². The van der Waals surface area contributed by atoms with E-state index in [-0.39, 0.29) is 24.5 Å². The summed E-state index contributed by atoms with van der Waals surface area (Å²) in [5.41, 5.74) is 0.829. The number of aryl methyl sites for hydroxylation is 1. The molecular formula is C20H24F3N7O2. The predicted molar refractivity (Wildman–Crippen MR) is 110 cm³/mol. The number of carbonyl (C=O) groups is 1. The van der Waals surface area contributed by atoms with Crippen LogP contribution in [-0.4, -0.2) is 64.0 Å². The Bertz CT molecular complexity index is 1040. The van der Waals surface area contributed by atoms with Gasteiger partial charge in [0.25, 0.3) is 0 Å². The van der Waals surface area contributed by atoms with Crippen LogP contribution < -0.4 is 15.1 Å². The molecule has 3 atom stereocenters. The molecule has 32 heavy (non-hydrogen) atoms. The smallest absolute Gasteiger partial charge is 0.374 e. The zero-order valence-corrected chi connectivity index (χ0v) is 17.8. The normalized spacial score (nSPS) is 25.3. The molecular weight excluding hydrogens is 427 g/mol. The molecule has 5 rings (SSSR count). The zero-order valence-electron chi connectivity index (χ0n) is 17.8. The summed E-state index contributed by atoms with van der Waals surface area (Å²) < 4.78 is 45.9. The zero-order chi connectivity index (χ0) is 22.6. The molecule has 0 bridgehead atoms. The highest BCUT2D eigenvalue weighted by molar-refractivity contribution is 6.05. The molecule has 9 nitrogen and oxygen atoms in total. The SMILES string of the molecule is C[C@H]1C(=O)N2CCCc3nc(N[C@H]4CO[C@H](Cn5nccc5C(F)(F)F)C4)nc(c32)N1C. The third-order valence-electron chi connectivity index (χ3n) is 6.34. The molecule has 0 saturated carbocycles. The number of ether oxygens (including phenoxy) is 1. The van der Waals surface area contributed by atoms with Crippen LogP contribution in [0, 0.1) is 0 Å². The van der Waals surface area contributed by atoms with E-state index in [1.807, 2.05) is 18.9 Å². The molecule has 2 aromatic heterocycles. The van der Waals surface area contributed by atoms with Crippen LogP contribution in [0.2, 0.25) is 0 Å². The van der Waals surface area contributed by atoms with E-state index in [0.29, 0.717) is 31.3 Å². The van der Waals surface area contributed by atoms with Gasteiger partial charge in [-0.3, -0.25) is 9.48 Å². The number of alkyl halides is 3. The molecule has 3 aliphatic heterocycles. The van der Waals surface area contributed by atoms with E-state index in [0.717, 1.165) is 41.2 Å². The summed E-state index contributed by atoms with van der Waals surface area (Å²) in [5.74, 6) is 1.21. The number of carbonyl (C=O) groups excluding carboxylic acids is 1. The van der Waals surface area contributed by atoms with Crippen molar-refractivity contribution < 1.29 is 22.7 Å². The summed E-state index contributed by atoms with van der Waals surface area (Å²) in [4.78, 5) is 25.6. The van der Waals surface area contributed by atoms with Gasteiger partial charge >= 0.3 is 6.18 Å². The summed E-state index contributed by atoms with van der Waals surface area (Å²) in [6.07, 6.45) is -1.61. The van der Waals surface area contributed by atoms with Crippen molar-refractivity contribution >= 4 is 23.4 Å². The van der Waals surface area contributed by atoms with Crippen LogP contribution in [0.5, 0.6) is 0 Å². The number of nitrogens with one attached hydrogen (secondary N) is 1. The summed E-state index contributed by atoms with van der Waals surface area (Å²) in [6.45, 7) is 2.88.